The molecule has 1 heterocycles. The lowest BCUT2D eigenvalue weighted by Gasteiger charge is -2.26. The van der Waals surface area contributed by atoms with Crippen LogP contribution in [0.25, 0.3) is 0 Å². The molecule has 0 aromatic heterocycles. The third-order valence-electron chi connectivity index (χ3n) is 3.12. The molecule has 0 bridgehead atoms. The van der Waals surface area contributed by atoms with Crippen LogP contribution in [0.3, 0.4) is 0 Å². The van der Waals surface area contributed by atoms with Crippen LogP contribution in [0.2, 0.25) is 0 Å². The van der Waals surface area contributed by atoms with Crippen molar-refractivity contribution in [1.82, 2.24) is 15.5 Å². The summed E-state index contributed by atoms with van der Waals surface area (Å²) in [5, 5.41) is 7.23. The van der Waals surface area contributed by atoms with Crippen LogP contribution >= 0.6 is 12.2 Å². The largest absolute Gasteiger partial charge is 0.382 e. The Morgan fingerprint density at radius 2 is 1.89 bits per heavy atom. The molecule has 0 amide bonds. The van der Waals surface area contributed by atoms with Crippen LogP contribution in [0.5, 0.6) is 0 Å². The van der Waals surface area contributed by atoms with Gasteiger partial charge in [-0.05, 0) is 51.5 Å². The van der Waals surface area contributed by atoms with E-state index in [4.69, 9.17) is 17.0 Å². The van der Waals surface area contributed by atoms with E-state index in [2.05, 4.69) is 15.5 Å². The Hall–Kier alpha value is -0.390. The maximum Gasteiger partial charge on any atom is 0.166 e. The third kappa shape index (κ3) is 7.84. The van der Waals surface area contributed by atoms with Gasteiger partial charge in [-0.1, -0.05) is 6.42 Å². The van der Waals surface area contributed by atoms with Crippen LogP contribution in [-0.4, -0.2) is 55.9 Å². The van der Waals surface area contributed by atoms with E-state index in [0.717, 1.165) is 44.4 Å². The highest BCUT2D eigenvalue weighted by Gasteiger charge is 2.08. The predicted molar refractivity (Wildman–Crippen MR) is 80.0 cm³/mol. The molecule has 0 aromatic rings. The second-order valence-corrected chi connectivity index (χ2v) is 5.04. The molecule has 4 nitrogen and oxygen atoms in total. The summed E-state index contributed by atoms with van der Waals surface area (Å²) >= 11 is 5.22. The second kappa shape index (κ2) is 10.5. The Balaban J connectivity index is 1.89. The van der Waals surface area contributed by atoms with Gasteiger partial charge in [0.25, 0.3) is 0 Å². The molecular formula is C13H27N3OS. The van der Waals surface area contributed by atoms with Crippen LogP contribution in [0.1, 0.15) is 32.6 Å². The lowest BCUT2D eigenvalue weighted by molar-refractivity contribution is 0.145. The molecule has 1 rings (SSSR count). The van der Waals surface area contributed by atoms with E-state index >= 15 is 0 Å². The molecule has 106 valence electrons. The Labute approximate surface area is 116 Å². The average molecular weight is 273 g/mol. The molecule has 0 saturated carbocycles. The Morgan fingerprint density at radius 1 is 1.17 bits per heavy atom. The van der Waals surface area contributed by atoms with Crippen LogP contribution in [0.4, 0.5) is 0 Å². The molecule has 1 aliphatic rings. The van der Waals surface area contributed by atoms with E-state index in [1.165, 1.54) is 32.4 Å². The summed E-state index contributed by atoms with van der Waals surface area (Å²) < 4.78 is 5.27. The summed E-state index contributed by atoms with van der Waals surface area (Å²) in [5.74, 6) is 0. The van der Waals surface area contributed by atoms with E-state index < -0.39 is 0 Å². The molecule has 5 heteroatoms. The van der Waals surface area contributed by atoms with Crippen molar-refractivity contribution in [2.24, 2.45) is 0 Å². The molecule has 0 aliphatic carbocycles. The van der Waals surface area contributed by atoms with Crippen molar-refractivity contribution in [2.45, 2.75) is 32.6 Å². The minimum Gasteiger partial charge on any atom is -0.382 e. The van der Waals surface area contributed by atoms with E-state index in [1.807, 2.05) is 6.92 Å². The van der Waals surface area contributed by atoms with Crippen molar-refractivity contribution >= 4 is 17.3 Å². The Kier molecular flexibility index (Phi) is 9.16. The number of piperidine rings is 1. The standard InChI is InChI=1S/C13H27N3OS/c1-2-17-12-6-7-14-13(18)15-8-11-16-9-4-3-5-10-16/h2-12H2,1H3,(H2,14,15,18). The van der Waals surface area contributed by atoms with Gasteiger partial charge in [-0.25, -0.2) is 0 Å². The number of thiocarbonyl (C=S) groups is 1. The van der Waals surface area contributed by atoms with E-state index in [1.54, 1.807) is 0 Å². The minimum atomic E-state index is 0.767. The van der Waals surface area contributed by atoms with Crippen molar-refractivity contribution in [3.05, 3.63) is 0 Å². The van der Waals surface area contributed by atoms with Crippen molar-refractivity contribution in [3.63, 3.8) is 0 Å². The fourth-order valence-corrected chi connectivity index (χ4v) is 2.30. The zero-order valence-corrected chi connectivity index (χ0v) is 12.4. The Bertz CT molecular complexity index is 220. The second-order valence-electron chi connectivity index (χ2n) is 4.64. The first-order chi connectivity index (χ1) is 8.83. The van der Waals surface area contributed by atoms with Gasteiger partial charge < -0.3 is 20.3 Å². The normalized spacial score (nSPS) is 16.5. The van der Waals surface area contributed by atoms with E-state index in [9.17, 15) is 0 Å². The molecule has 1 aliphatic heterocycles. The van der Waals surface area contributed by atoms with Crippen LogP contribution in [0.15, 0.2) is 0 Å². The SMILES string of the molecule is CCOCCCNC(=S)NCCN1CCCCC1. The van der Waals surface area contributed by atoms with Gasteiger partial charge in [0, 0.05) is 32.8 Å². The summed E-state index contributed by atoms with van der Waals surface area (Å²) in [5.41, 5.74) is 0. The zero-order chi connectivity index (χ0) is 13.1. The number of rotatable bonds is 8. The highest BCUT2D eigenvalue weighted by Crippen LogP contribution is 2.07. The monoisotopic (exact) mass is 273 g/mol. The Morgan fingerprint density at radius 3 is 2.61 bits per heavy atom. The van der Waals surface area contributed by atoms with Gasteiger partial charge in [0.1, 0.15) is 0 Å². The molecule has 2 N–H and O–H groups in total. The zero-order valence-electron chi connectivity index (χ0n) is 11.5. The van der Waals surface area contributed by atoms with Crippen LogP contribution < -0.4 is 10.6 Å². The van der Waals surface area contributed by atoms with Crippen molar-refractivity contribution < 1.29 is 4.74 Å². The van der Waals surface area contributed by atoms with Gasteiger partial charge in [-0.3, -0.25) is 0 Å². The highest BCUT2D eigenvalue weighted by atomic mass is 32.1. The highest BCUT2D eigenvalue weighted by molar-refractivity contribution is 7.80. The quantitative estimate of drug-likeness (QED) is 0.516. The number of hydrogen-bond acceptors (Lipinski definition) is 3. The van der Waals surface area contributed by atoms with E-state index in [0.29, 0.717) is 0 Å². The molecule has 1 saturated heterocycles. The first kappa shape index (κ1) is 15.7. The van der Waals surface area contributed by atoms with Gasteiger partial charge in [-0.15, -0.1) is 0 Å². The smallest absolute Gasteiger partial charge is 0.166 e. The summed E-state index contributed by atoms with van der Waals surface area (Å²) in [4.78, 5) is 2.51. The topological polar surface area (TPSA) is 36.5 Å². The number of nitrogens with one attached hydrogen (secondary N) is 2. The summed E-state index contributed by atoms with van der Waals surface area (Å²) in [6.45, 7) is 9.03. The predicted octanol–water partition coefficient (Wildman–Crippen LogP) is 1.36. The number of ether oxygens (including phenoxy) is 1. The first-order valence-corrected chi connectivity index (χ1v) is 7.55. The van der Waals surface area contributed by atoms with Gasteiger partial charge >= 0.3 is 0 Å². The lowest BCUT2D eigenvalue weighted by Crippen LogP contribution is -2.41. The van der Waals surface area contributed by atoms with Crippen LogP contribution in [-0.2, 0) is 4.74 Å². The van der Waals surface area contributed by atoms with Gasteiger partial charge in [0.05, 0.1) is 0 Å². The molecule has 0 radical (unpaired) electrons. The number of nitrogens with zero attached hydrogens (tertiary/aromatic N) is 1. The average Bonchev–Trinajstić information content (AvgIpc) is 2.40. The summed E-state index contributed by atoms with van der Waals surface area (Å²) in [6, 6.07) is 0. The number of likely N-dealkylation sites (tertiary alicyclic amines) is 1. The molecular weight excluding hydrogens is 246 g/mol. The van der Waals surface area contributed by atoms with Crippen molar-refractivity contribution in [3.8, 4) is 0 Å². The van der Waals surface area contributed by atoms with Gasteiger partial charge in [0.2, 0.25) is 0 Å². The van der Waals surface area contributed by atoms with Gasteiger partial charge in [0.15, 0.2) is 5.11 Å². The first-order valence-electron chi connectivity index (χ1n) is 7.14. The molecule has 18 heavy (non-hydrogen) atoms. The summed E-state index contributed by atoms with van der Waals surface area (Å²) in [7, 11) is 0. The van der Waals surface area contributed by atoms with Crippen molar-refractivity contribution in [1.29, 1.82) is 0 Å². The lowest BCUT2D eigenvalue weighted by atomic mass is 10.1. The maximum absolute atomic E-state index is 5.27. The maximum atomic E-state index is 5.27. The van der Waals surface area contributed by atoms with E-state index in [-0.39, 0.29) is 0 Å². The fraction of sp³-hybridized carbons (Fsp3) is 0.923. The van der Waals surface area contributed by atoms with Crippen molar-refractivity contribution in [2.75, 3.05) is 45.9 Å². The minimum absolute atomic E-state index is 0.767. The molecule has 0 spiro atoms. The molecule has 0 aromatic carbocycles. The third-order valence-corrected chi connectivity index (χ3v) is 3.41. The molecule has 0 unspecified atom stereocenters. The number of hydrogen-bond donors (Lipinski definition) is 2. The summed E-state index contributed by atoms with van der Waals surface area (Å²) in [6.07, 6.45) is 5.09. The molecule has 0 atom stereocenters. The fourth-order valence-electron chi connectivity index (χ4n) is 2.09. The molecule has 1 fully saturated rings. The van der Waals surface area contributed by atoms with Crippen LogP contribution in [0, 0.1) is 0 Å². The van der Waals surface area contributed by atoms with Gasteiger partial charge in [-0.2, -0.15) is 0 Å².